The van der Waals surface area contributed by atoms with E-state index in [1.807, 2.05) is 75.4 Å². The molecule has 2 heterocycles. The Bertz CT molecular complexity index is 1430. The molecule has 0 saturated heterocycles. The van der Waals surface area contributed by atoms with Crippen molar-refractivity contribution in [3.63, 3.8) is 0 Å². The number of fused-ring (bicyclic) bond motifs is 2. The largest absolute Gasteiger partial charge is 0.454 e. The first-order valence-corrected chi connectivity index (χ1v) is 12.2. The molecule has 0 spiro atoms. The number of rotatable bonds is 8. The van der Waals surface area contributed by atoms with E-state index in [2.05, 4.69) is 15.6 Å². The molecule has 0 radical (unpaired) electrons. The Labute approximate surface area is 215 Å². The highest BCUT2D eigenvalue weighted by Crippen LogP contribution is 2.38. The van der Waals surface area contributed by atoms with E-state index in [9.17, 15) is 9.59 Å². The van der Waals surface area contributed by atoms with Crippen LogP contribution < -0.4 is 19.7 Å². The predicted molar refractivity (Wildman–Crippen MR) is 139 cm³/mol. The maximum Gasteiger partial charge on any atom is 0.249 e. The minimum Gasteiger partial charge on any atom is -0.454 e. The summed E-state index contributed by atoms with van der Waals surface area (Å²) in [6, 6.07) is 21.0. The number of benzene rings is 3. The molecule has 1 aliphatic heterocycles. The van der Waals surface area contributed by atoms with Crippen LogP contribution in [-0.2, 0) is 16.1 Å². The monoisotopic (exact) mass is 499 g/mol. The third kappa shape index (κ3) is 4.97. The zero-order valence-electron chi connectivity index (χ0n) is 21.0. The molecule has 4 aromatic rings. The van der Waals surface area contributed by atoms with E-state index in [4.69, 9.17) is 9.47 Å². The first-order valence-electron chi connectivity index (χ1n) is 12.2. The summed E-state index contributed by atoms with van der Waals surface area (Å²) in [6.45, 7) is 5.92. The van der Waals surface area contributed by atoms with E-state index < -0.39 is 11.6 Å². The average Bonchev–Trinajstić information content (AvgIpc) is 3.54. The van der Waals surface area contributed by atoms with Crippen LogP contribution in [0.1, 0.15) is 38.8 Å². The van der Waals surface area contributed by atoms with Crippen LogP contribution in [-0.4, -0.2) is 39.1 Å². The Hall–Kier alpha value is -4.40. The van der Waals surface area contributed by atoms with Gasteiger partial charge in [0.1, 0.15) is 18.1 Å². The number of carbonyl (C=O) groups is 2. The van der Waals surface area contributed by atoms with Crippen molar-refractivity contribution >= 4 is 28.5 Å². The zero-order valence-corrected chi connectivity index (χ0v) is 21.0. The molecule has 1 aliphatic rings. The minimum absolute atomic E-state index is 0.102. The average molecular weight is 500 g/mol. The van der Waals surface area contributed by atoms with Gasteiger partial charge >= 0.3 is 0 Å². The fraction of sp³-hybridized carbons (Fsp3) is 0.286. The van der Waals surface area contributed by atoms with Gasteiger partial charge in [0.05, 0.1) is 5.52 Å². The molecule has 1 atom stereocenters. The first kappa shape index (κ1) is 24.3. The van der Waals surface area contributed by atoms with Crippen molar-refractivity contribution < 1.29 is 19.1 Å². The highest BCUT2D eigenvalue weighted by Gasteiger charge is 2.36. The topological polar surface area (TPSA) is 98.6 Å². The fourth-order valence-electron chi connectivity index (χ4n) is 4.25. The lowest BCUT2D eigenvalue weighted by molar-refractivity contribution is -0.128. The number of hydrogen-bond acceptors (Lipinski definition) is 6. The molecule has 3 aromatic carbocycles. The summed E-state index contributed by atoms with van der Waals surface area (Å²) >= 11 is 0. The van der Waals surface area contributed by atoms with Crippen LogP contribution in [0.2, 0.25) is 0 Å². The van der Waals surface area contributed by atoms with Gasteiger partial charge < -0.3 is 14.8 Å². The number of nitrogens with zero attached hydrogens (tertiary/aromatic N) is 4. The van der Waals surface area contributed by atoms with Crippen molar-refractivity contribution in [2.45, 2.75) is 45.3 Å². The number of ether oxygens (including phenoxy) is 2. The Morgan fingerprint density at radius 2 is 1.76 bits per heavy atom. The zero-order chi connectivity index (χ0) is 26.0. The molecule has 1 aromatic heterocycles. The lowest BCUT2D eigenvalue weighted by Crippen LogP contribution is -2.51. The fourth-order valence-corrected chi connectivity index (χ4v) is 4.25. The molecule has 9 nitrogen and oxygen atoms in total. The molecule has 190 valence electrons. The third-order valence-electron chi connectivity index (χ3n) is 6.58. The molecular weight excluding hydrogens is 470 g/mol. The summed E-state index contributed by atoms with van der Waals surface area (Å²) < 4.78 is 12.6. The van der Waals surface area contributed by atoms with Crippen molar-refractivity contribution in [3.05, 3.63) is 78.4 Å². The number of para-hydroxylation sites is 1. The second kappa shape index (κ2) is 9.93. The van der Waals surface area contributed by atoms with E-state index in [0.717, 1.165) is 11.9 Å². The van der Waals surface area contributed by atoms with Crippen LogP contribution in [0.5, 0.6) is 11.5 Å². The molecule has 5 rings (SSSR count). The highest BCUT2D eigenvalue weighted by atomic mass is 16.7. The van der Waals surface area contributed by atoms with E-state index in [-0.39, 0.29) is 25.2 Å². The Balaban J connectivity index is 1.60. The molecule has 2 amide bonds. The summed E-state index contributed by atoms with van der Waals surface area (Å²) in [5.41, 5.74) is 2.15. The lowest BCUT2D eigenvalue weighted by Gasteiger charge is -2.34. The molecule has 0 aliphatic carbocycles. The van der Waals surface area contributed by atoms with Gasteiger partial charge in [-0.1, -0.05) is 54.6 Å². The number of carbonyl (C=O) groups excluding carboxylic acids is 2. The molecular formula is C28H29N5O4. The first-order chi connectivity index (χ1) is 17.9. The molecule has 0 fully saturated rings. The molecule has 0 bridgehead atoms. The molecule has 0 saturated carbocycles. The second-order valence-electron chi connectivity index (χ2n) is 9.58. The molecule has 9 heteroatoms. The number of amides is 2. The minimum atomic E-state index is -0.935. The van der Waals surface area contributed by atoms with Crippen LogP contribution in [0.3, 0.4) is 0 Å². The number of nitrogens with one attached hydrogen (secondary N) is 1. The van der Waals surface area contributed by atoms with Crippen molar-refractivity contribution in [2.24, 2.45) is 0 Å². The number of aromatic nitrogens is 3. The Morgan fingerprint density at radius 3 is 2.54 bits per heavy atom. The van der Waals surface area contributed by atoms with E-state index in [1.54, 1.807) is 22.9 Å². The van der Waals surface area contributed by atoms with Crippen LogP contribution in [0, 0.1) is 0 Å². The van der Waals surface area contributed by atoms with E-state index >= 15 is 0 Å². The van der Waals surface area contributed by atoms with Crippen molar-refractivity contribution in [1.29, 1.82) is 0 Å². The van der Waals surface area contributed by atoms with Crippen LogP contribution >= 0.6 is 0 Å². The Kier molecular flexibility index (Phi) is 6.52. The second-order valence-corrected chi connectivity index (χ2v) is 9.58. The van der Waals surface area contributed by atoms with Gasteiger partial charge in [0.15, 0.2) is 11.5 Å². The van der Waals surface area contributed by atoms with Crippen molar-refractivity contribution in [1.82, 2.24) is 20.3 Å². The van der Waals surface area contributed by atoms with E-state index in [1.165, 1.54) is 4.90 Å². The summed E-state index contributed by atoms with van der Waals surface area (Å²) in [7, 11) is 0. The maximum atomic E-state index is 14.1. The van der Waals surface area contributed by atoms with E-state index in [0.29, 0.717) is 28.3 Å². The van der Waals surface area contributed by atoms with Crippen molar-refractivity contribution in [2.75, 3.05) is 11.7 Å². The summed E-state index contributed by atoms with van der Waals surface area (Å²) in [5.74, 6) is 0.495. The quantitative estimate of drug-likeness (QED) is 0.389. The molecule has 1 N–H and O–H groups in total. The van der Waals surface area contributed by atoms with Gasteiger partial charge in [-0.25, -0.2) is 4.68 Å². The Morgan fingerprint density at radius 1 is 1.03 bits per heavy atom. The number of anilines is 1. The molecule has 0 unspecified atom stereocenters. The van der Waals surface area contributed by atoms with Crippen LogP contribution in [0.4, 0.5) is 5.69 Å². The van der Waals surface area contributed by atoms with Gasteiger partial charge in [0, 0.05) is 17.3 Å². The number of hydrogen-bond donors (Lipinski definition) is 1. The predicted octanol–water partition coefficient (Wildman–Crippen LogP) is 4.24. The standard InChI is InChI=1S/C28H29N5O4/c1-4-28(2,3)29-27(35)26(19-10-6-5-7-11-19)33(20-14-15-23-24(16-20)37-18-36-23)25(34)17-32-22-13-9-8-12-21(22)30-31-32/h5-16,26H,4,17-18H2,1-3H3,(H,29,35)/t26-/m1/s1. The molecule has 37 heavy (non-hydrogen) atoms. The SMILES string of the molecule is CCC(C)(C)NC(=O)[C@@H](c1ccccc1)N(C(=O)Cn1nnc2ccccc21)c1ccc2c(c1)OCO2. The summed E-state index contributed by atoms with van der Waals surface area (Å²) in [6.07, 6.45) is 0.725. The van der Waals surface area contributed by atoms with Gasteiger partial charge in [0.25, 0.3) is 0 Å². The van der Waals surface area contributed by atoms with Crippen molar-refractivity contribution in [3.8, 4) is 11.5 Å². The van der Waals surface area contributed by atoms with Gasteiger partial charge in [-0.15, -0.1) is 5.10 Å². The summed E-state index contributed by atoms with van der Waals surface area (Å²) in [5, 5.41) is 11.5. The maximum absolute atomic E-state index is 14.1. The third-order valence-corrected chi connectivity index (χ3v) is 6.58. The smallest absolute Gasteiger partial charge is 0.249 e. The summed E-state index contributed by atoms with van der Waals surface area (Å²) in [4.78, 5) is 29.5. The van der Waals surface area contributed by atoms with Crippen LogP contribution in [0.15, 0.2) is 72.8 Å². The lowest BCUT2D eigenvalue weighted by atomic mass is 9.98. The van der Waals surface area contributed by atoms with Gasteiger partial charge in [-0.05, 0) is 50.1 Å². The van der Waals surface area contributed by atoms with Gasteiger partial charge in [-0.2, -0.15) is 0 Å². The highest BCUT2D eigenvalue weighted by molar-refractivity contribution is 6.02. The van der Waals surface area contributed by atoms with Gasteiger partial charge in [0.2, 0.25) is 18.6 Å². The van der Waals surface area contributed by atoms with Crippen LogP contribution in [0.25, 0.3) is 11.0 Å². The normalized spacial score (nSPS) is 13.4. The van der Waals surface area contributed by atoms with Gasteiger partial charge in [-0.3, -0.25) is 14.5 Å².